The predicted molar refractivity (Wildman–Crippen MR) is 62.6 cm³/mol. The van der Waals surface area contributed by atoms with E-state index in [1.807, 2.05) is 4.72 Å². The van der Waals surface area contributed by atoms with E-state index < -0.39 is 21.3 Å². The van der Waals surface area contributed by atoms with Crippen molar-refractivity contribution >= 4 is 16.0 Å². The average Bonchev–Trinajstić information content (AvgIpc) is 2.34. The molecule has 0 bridgehead atoms. The lowest BCUT2D eigenvalue weighted by Crippen LogP contribution is -2.40. The summed E-state index contributed by atoms with van der Waals surface area (Å²) in [5.41, 5.74) is -0.161. The van der Waals surface area contributed by atoms with Crippen LogP contribution in [0.25, 0.3) is 0 Å². The van der Waals surface area contributed by atoms with Gasteiger partial charge in [-0.05, 0) is 6.07 Å². The molecule has 0 saturated heterocycles. The van der Waals surface area contributed by atoms with Crippen LogP contribution in [0.5, 0.6) is 11.5 Å². The summed E-state index contributed by atoms with van der Waals surface area (Å²) in [6.07, 6.45) is -0.684. The summed E-state index contributed by atoms with van der Waals surface area (Å²) >= 11 is 0. The molecular weight excluding hydrogens is 280 g/mol. The number of nitrogens with one attached hydrogen (secondary N) is 1. The van der Waals surface area contributed by atoms with Crippen molar-refractivity contribution in [2.45, 2.75) is 6.10 Å². The Morgan fingerprint density at radius 2 is 2.21 bits per heavy atom. The number of nitrogens with zero attached hydrogens (tertiary/aromatic N) is 1. The number of hydrogen-bond donors (Lipinski definition) is 2. The molecule has 1 aliphatic rings. The molecule has 1 atom stereocenters. The van der Waals surface area contributed by atoms with Crippen molar-refractivity contribution < 1.29 is 27.4 Å². The van der Waals surface area contributed by atoms with Crippen LogP contribution in [-0.2, 0) is 10.3 Å². The predicted octanol–water partition coefficient (Wildman–Crippen LogP) is 0.127. The van der Waals surface area contributed by atoms with Crippen LogP contribution in [0.1, 0.15) is 0 Å². The second-order valence-electron chi connectivity index (χ2n) is 3.76. The summed E-state index contributed by atoms with van der Waals surface area (Å²) in [5, 5.41) is 10.6. The van der Waals surface area contributed by atoms with Gasteiger partial charge in [-0.15, -0.1) is 0 Å². The lowest BCUT2D eigenvalue weighted by molar-refractivity contribution is -0.385. The van der Waals surface area contributed by atoms with E-state index in [-0.39, 0.29) is 24.6 Å². The van der Waals surface area contributed by atoms with Crippen LogP contribution in [0.3, 0.4) is 0 Å². The highest BCUT2D eigenvalue weighted by Crippen LogP contribution is 2.34. The van der Waals surface area contributed by atoms with Gasteiger partial charge in [0.05, 0.1) is 17.5 Å². The molecule has 0 aliphatic carbocycles. The highest BCUT2D eigenvalue weighted by molar-refractivity contribution is 7.83. The Morgan fingerprint density at radius 1 is 1.47 bits per heavy atom. The van der Waals surface area contributed by atoms with E-state index in [4.69, 9.17) is 14.0 Å². The highest BCUT2D eigenvalue weighted by Gasteiger charge is 2.24. The van der Waals surface area contributed by atoms with E-state index in [2.05, 4.69) is 0 Å². The van der Waals surface area contributed by atoms with Gasteiger partial charge in [0.1, 0.15) is 12.7 Å². The molecule has 0 spiro atoms. The van der Waals surface area contributed by atoms with Crippen molar-refractivity contribution in [2.24, 2.45) is 0 Å². The van der Waals surface area contributed by atoms with Gasteiger partial charge in [-0.3, -0.25) is 14.7 Å². The molecule has 0 unspecified atom stereocenters. The lowest BCUT2D eigenvalue weighted by atomic mass is 10.2. The molecular formula is C9H10N2O7S. The van der Waals surface area contributed by atoms with Crippen LogP contribution >= 0.6 is 0 Å². The Kier molecular flexibility index (Phi) is 3.55. The first-order valence-corrected chi connectivity index (χ1v) is 6.59. The summed E-state index contributed by atoms with van der Waals surface area (Å²) in [5.74, 6) is 0.497. The Morgan fingerprint density at radius 3 is 2.84 bits per heavy atom. The summed E-state index contributed by atoms with van der Waals surface area (Å²) in [4.78, 5) is 10.0. The zero-order valence-electron chi connectivity index (χ0n) is 9.48. The molecule has 0 fully saturated rings. The summed E-state index contributed by atoms with van der Waals surface area (Å²) in [6.45, 7) is -0.145. The number of ether oxygens (including phenoxy) is 2. The van der Waals surface area contributed by atoms with Crippen molar-refractivity contribution in [2.75, 3.05) is 13.2 Å². The maximum absolute atomic E-state index is 10.6. The van der Waals surface area contributed by atoms with Gasteiger partial charge in [-0.1, -0.05) is 0 Å². The zero-order valence-corrected chi connectivity index (χ0v) is 10.3. The van der Waals surface area contributed by atoms with Crippen LogP contribution in [0.4, 0.5) is 5.69 Å². The van der Waals surface area contributed by atoms with E-state index in [1.165, 1.54) is 18.2 Å². The summed E-state index contributed by atoms with van der Waals surface area (Å²) in [7, 11) is -4.32. The minimum Gasteiger partial charge on any atom is -0.486 e. The minimum absolute atomic E-state index is 0.0628. The first-order chi connectivity index (χ1) is 8.85. The van der Waals surface area contributed by atoms with Gasteiger partial charge in [0.25, 0.3) is 5.69 Å². The number of hydrogen-bond acceptors (Lipinski definition) is 6. The van der Waals surface area contributed by atoms with Crippen LogP contribution in [0, 0.1) is 10.1 Å². The van der Waals surface area contributed by atoms with Crippen molar-refractivity contribution in [1.82, 2.24) is 4.72 Å². The standard InChI is InChI=1S/C9H10N2O7S/c12-11(13)6-1-2-8-9(3-6)18-7(5-17-8)4-10-19(14,15)16/h1-3,7,10H,4-5H2,(H,14,15,16)/t7-/m0/s1. The van der Waals surface area contributed by atoms with Gasteiger partial charge in [-0.2, -0.15) is 13.1 Å². The molecule has 1 aromatic carbocycles. The van der Waals surface area contributed by atoms with Crippen molar-refractivity contribution in [1.29, 1.82) is 0 Å². The second kappa shape index (κ2) is 4.99. The highest BCUT2D eigenvalue weighted by atomic mass is 32.2. The molecule has 0 aromatic heterocycles. The van der Waals surface area contributed by atoms with Crippen LogP contribution in [0.2, 0.25) is 0 Å². The van der Waals surface area contributed by atoms with Gasteiger partial charge in [0.15, 0.2) is 11.5 Å². The SMILES string of the molecule is O=[N+]([O-])c1ccc2c(c1)O[C@@H](CNS(=O)(=O)O)CO2. The Hall–Kier alpha value is -1.91. The Labute approximate surface area is 108 Å². The number of fused-ring (bicyclic) bond motifs is 1. The van der Waals surface area contributed by atoms with Crippen molar-refractivity contribution in [3.05, 3.63) is 28.3 Å². The monoisotopic (exact) mass is 290 g/mol. The number of rotatable bonds is 4. The van der Waals surface area contributed by atoms with Crippen LogP contribution in [0.15, 0.2) is 18.2 Å². The number of nitro groups is 1. The van der Waals surface area contributed by atoms with Crippen LogP contribution in [-0.4, -0.2) is 37.1 Å². The van der Waals surface area contributed by atoms with E-state index in [9.17, 15) is 18.5 Å². The molecule has 1 heterocycles. The van der Waals surface area contributed by atoms with Crippen molar-refractivity contribution in [3.63, 3.8) is 0 Å². The lowest BCUT2D eigenvalue weighted by Gasteiger charge is -2.25. The van der Waals surface area contributed by atoms with Gasteiger partial charge in [0, 0.05) is 6.07 Å². The molecule has 9 nitrogen and oxygen atoms in total. The maximum atomic E-state index is 10.6. The van der Waals surface area contributed by atoms with Gasteiger partial charge >= 0.3 is 10.3 Å². The summed E-state index contributed by atoms with van der Waals surface area (Å²) < 4.78 is 42.1. The molecule has 19 heavy (non-hydrogen) atoms. The fourth-order valence-electron chi connectivity index (χ4n) is 1.52. The Balaban J connectivity index is 2.09. The van der Waals surface area contributed by atoms with E-state index in [1.54, 1.807) is 0 Å². The molecule has 2 rings (SSSR count). The molecule has 0 amide bonds. The first-order valence-electron chi connectivity index (χ1n) is 5.15. The number of nitro benzene ring substituents is 1. The number of benzene rings is 1. The molecule has 0 radical (unpaired) electrons. The quantitative estimate of drug-likeness (QED) is 0.458. The third-order valence-electron chi connectivity index (χ3n) is 2.35. The van der Waals surface area contributed by atoms with E-state index >= 15 is 0 Å². The topological polar surface area (TPSA) is 128 Å². The normalized spacial score (nSPS) is 18.1. The van der Waals surface area contributed by atoms with E-state index in [0.29, 0.717) is 5.75 Å². The third kappa shape index (κ3) is 3.53. The third-order valence-corrected chi connectivity index (χ3v) is 2.88. The average molecular weight is 290 g/mol. The molecule has 0 saturated carbocycles. The first kappa shape index (κ1) is 13.5. The van der Waals surface area contributed by atoms with Crippen molar-refractivity contribution in [3.8, 4) is 11.5 Å². The molecule has 1 aromatic rings. The molecule has 2 N–H and O–H groups in total. The largest absolute Gasteiger partial charge is 0.486 e. The molecule has 10 heteroatoms. The maximum Gasteiger partial charge on any atom is 0.333 e. The van der Waals surface area contributed by atoms with Gasteiger partial charge in [0.2, 0.25) is 0 Å². The zero-order chi connectivity index (χ0) is 14.0. The fraction of sp³-hybridized carbons (Fsp3) is 0.333. The van der Waals surface area contributed by atoms with Gasteiger partial charge < -0.3 is 9.47 Å². The minimum atomic E-state index is -4.32. The summed E-state index contributed by atoms with van der Waals surface area (Å²) in [6, 6.07) is 3.87. The smallest absolute Gasteiger partial charge is 0.333 e. The fourth-order valence-corrected chi connectivity index (χ4v) is 1.91. The number of non-ortho nitro benzene ring substituents is 1. The molecule has 1 aliphatic heterocycles. The molecule has 104 valence electrons. The van der Waals surface area contributed by atoms with E-state index in [0.717, 1.165) is 0 Å². The Bertz CT molecular complexity index is 601. The van der Waals surface area contributed by atoms with Crippen LogP contribution < -0.4 is 14.2 Å². The second-order valence-corrected chi connectivity index (χ2v) is 5.00. The van der Waals surface area contributed by atoms with Gasteiger partial charge in [-0.25, -0.2) is 0 Å².